The molecule has 1 aromatic heterocycles. The van der Waals surface area contributed by atoms with E-state index in [1.54, 1.807) is 23.7 Å². The Kier molecular flexibility index (Phi) is 5.62. The highest BCUT2D eigenvalue weighted by Crippen LogP contribution is 2.19. The number of nitrogens with one attached hydrogen (secondary N) is 1. The summed E-state index contributed by atoms with van der Waals surface area (Å²) in [5.41, 5.74) is 3.78. The van der Waals surface area contributed by atoms with E-state index in [1.807, 2.05) is 33.0 Å². The van der Waals surface area contributed by atoms with E-state index in [-0.39, 0.29) is 5.91 Å². The van der Waals surface area contributed by atoms with E-state index in [9.17, 15) is 9.59 Å². The second kappa shape index (κ2) is 7.51. The van der Waals surface area contributed by atoms with Crippen LogP contribution < -0.4 is 5.32 Å². The Balaban J connectivity index is 2.01. The molecular formula is C19H25N3O3. The molecule has 0 aliphatic carbocycles. The number of carbonyl (C=O) groups is 2. The predicted molar refractivity (Wildman–Crippen MR) is 96.7 cm³/mol. The van der Waals surface area contributed by atoms with E-state index in [0.29, 0.717) is 17.2 Å². The lowest BCUT2D eigenvalue weighted by Gasteiger charge is -2.14. The number of aryl methyl sites for hydroxylation is 2. The van der Waals surface area contributed by atoms with E-state index in [0.717, 1.165) is 17.0 Å². The van der Waals surface area contributed by atoms with E-state index >= 15 is 0 Å². The van der Waals surface area contributed by atoms with Crippen molar-refractivity contribution in [2.75, 3.05) is 5.32 Å². The summed E-state index contributed by atoms with van der Waals surface area (Å²) in [7, 11) is 1.81. The fraction of sp³-hybridized carbons (Fsp3) is 0.421. The van der Waals surface area contributed by atoms with Gasteiger partial charge in [0.15, 0.2) is 6.10 Å². The molecule has 0 saturated carbocycles. The number of esters is 1. The van der Waals surface area contributed by atoms with Crippen molar-refractivity contribution < 1.29 is 14.3 Å². The zero-order valence-corrected chi connectivity index (χ0v) is 15.6. The van der Waals surface area contributed by atoms with Crippen molar-refractivity contribution in [2.24, 2.45) is 7.05 Å². The van der Waals surface area contributed by atoms with E-state index in [1.165, 1.54) is 0 Å². The minimum Gasteiger partial charge on any atom is -0.449 e. The smallest absolute Gasteiger partial charge is 0.338 e. The quantitative estimate of drug-likeness (QED) is 0.845. The third kappa shape index (κ3) is 4.26. The molecule has 1 atom stereocenters. The second-order valence-corrected chi connectivity index (χ2v) is 6.48. The van der Waals surface area contributed by atoms with Gasteiger partial charge in [-0.15, -0.1) is 0 Å². The SMILES string of the molecule is Cc1nn(C)c(C)c1NC(=O)[C@H](C)OC(=O)c1ccc(C(C)C)cc1. The van der Waals surface area contributed by atoms with Gasteiger partial charge >= 0.3 is 5.97 Å². The maximum absolute atomic E-state index is 12.3. The van der Waals surface area contributed by atoms with Crippen molar-refractivity contribution in [1.82, 2.24) is 9.78 Å². The van der Waals surface area contributed by atoms with Crippen LogP contribution in [0, 0.1) is 13.8 Å². The maximum Gasteiger partial charge on any atom is 0.338 e. The molecule has 0 saturated heterocycles. The lowest BCUT2D eigenvalue weighted by molar-refractivity contribution is -0.123. The lowest BCUT2D eigenvalue weighted by Crippen LogP contribution is -2.30. The van der Waals surface area contributed by atoms with Crippen LogP contribution in [0.3, 0.4) is 0 Å². The van der Waals surface area contributed by atoms with E-state index in [2.05, 4.69) is 24.3 Å². The predicted octanol–water partition coefficient (Wildman–Crippen LogP) is 3.34. The number of aromatic nitrogens is 2. The van der Waals surface area contributed by atoms with Gasteiger partial charge in [-0.1, -0.05) is 26.0 Å². The first kappa shape index (κ1) is 18.7. The lowest BCUT2D eigenvalue weighted by atomic mass is 10.0. The van der Waals surface area contributed by atoms with Crippen LogP contribution in [0.1, 0.15) is 54.0 Å². The molecule has 0 fully saturated rings. The summed E-state index contributed by atoms with van der Waals surface area (Å²) in [5.74, 6) is -0.510. The molecule has 0 radical (unpaired) electrons. The highest BCUT2D eigenvalue weighted by Gasteiger charge is 2.21. The third-order valence-electron chi connectivity index (χ3n) is 4.22. The molecule has 1 N–H and O–H groups in total. The molecule has 134 valence electrons. The summed E-state index contributed by atoms with van der Waals surface area (Å²) in [6.45, 7) is 9.40. The molecule has 0 bridgehead atoms. The van der Waals surface area contributed by atoms with Gasteiger partial charge in [0.1, 0.15) is 0 Å². The fourth-order valence-corrected chi connectivity index (χ4v) is 2.47. The van der Waals surface area contributed by atoms with Crippen molar-refractivity contribution in [3.63, 3.8) is 0 Å². The van der Waals surface area contributed by atoms with Crippen molar-refractivity contribution >= 4 is 17.6 Å². The number of amides is 1. The van der Waals surface area contributed by atoms with Crippen LogP contribution in [-0.4, -0.2) is 27.8 Å². The van der Waals surface area contributed by atoms with Gasteiger partial charge in [0.05, 0.1) is 22.6 Å². The average Bonchev–Trinajstić information content (AvgIpc) is 2.81. The molecule has 1 amide bonds. The molecule has 1 aromatic carbocycles. The van der Waals surface area contributed by atoms with Crippen LogP contribution >= 0.6 is 0 Å². The van der Waals surface area contributed by atoms with Gasteiger partial charge in [-0.2, -0.15) is 5.10 Å². The Morgan fingerprint density at radius 1 is 1.12 bits per heavy atom. The highest BCUT2D eigenvalue weighted by atomic mass is 16.5. The number of nitrogens with zero attached hydrogens (tertiary/aromatic N) is 2. The number of benzene rings is 1. The Hall–Kier alpha value is -2.63. The highest BCUT2D eigenvalue weighted by molar-refractivity contribution is 5.98. The van der Waals surface area contributed by atoms with Gasteiger partial charge in [-0.3, -0.25) is 9.48 Å². The zero-order valence-electron chi connectivity index (χ0n) is 15.6. The summed E-state index contributed by atoms with van der Waals surface area (Å²) < 4.78 is 6.97. The minimum absolute atomic E-state index is 0.383. The standard InChI is InChI=1S/C19H25N3O3/c1-11(2)15-7-9-16(10-8-15)19(24)25-14(5)18(23)20-17-12(3)21-22(6)13(17)4/h7-11,14H,1-6H3,(H,20,23)/t14-/m0/s1. The Bertz CT molecular complexity index is 776. The summed E-state index contributed by atoms with van der Waals surface area (Å²) in [6, 6.07) is 7.23. The maximum atomic E-state index is 12.3. The number of anilines is 1. The van der Waals surface area contributed by atoms with Gasteiger partial charge in [-0.25, -0.2) is 4.79 Å². The normalized spacial score (nSPS) is 12.1. The van der Waals surface area contributed by atoms with Gasteiger partial charge < -0.3 is 10.1 Å². The number of carbonyl (C=O) groups excluding carboxylic acids is 2. The Labute approximate surface area is 148 Å². The first-order valence-corrected chi connectivity index (χ1v) is 8.32. The third-order valence-corrected chi connectivity index (χ3v) is 4.22. The van der Waals surface area contributed by atoms with Crippen molar-refractivity contribution in [2.45, 2.75) is 46.6 Å². The summed E-state index contributed by atoms with van der Waals surface area (Å²) >= 11 is 0. The van der Waals surface area contributed by atoms with Crippen LogP contribution in [0.4, 0.5) is 5.69 Å². The van der Waals surface area contributed by atoms with E-state index in [4.69, 9.17) is 4.74 Å². The minimum atomic E-state index is -0.906. The molecule has 2 aromatic rings. The van der Waals surface area contributed by atoms with Crippen molar-refractivity contribution in [3.8, 4) is 0 Å². The van der Waals surface area contributed by atoms with Gasteiger partial charge in [-0.05, 0) is 44.4 Å². The molecule has 2 rings (SSSR count). The molecule has 1 heterocycles. The summed E-state index contributed by atoms with van der Waals surface area (Å²) in [5, 5.41) is 7.03. The Morgan fingerprint density at radius 2 is 1.72 bits per heavy atom. The molecule has 6 nitrogen and oxygen atoms in total. The van der Waals surface area contributed by atoms with Crippen LogP contribution in [-0.2, 0) is 16.6 Å². The van der Waals surface area contributed by atoms with Crippen molar-refractivity contribution in [3.05, 3.63) is 46.8 Å². The number of hydrogen-bond donors (Lipinski definition) is 1. The average molecular weight is 343 g/mol. The molecule has 0 aliphatic rings. The zero-order chi connectivity index (χ0) is 18.7. The first-order chi connectivity index (χ1) is 11.7. The molecule has 25 heavy (non-hydrogen) atoms. The molecule has 6 heteroatoms. The first-order valence-electron chi connectivity index (χ1n) is 8.32. The van der Waals surface area contributed by atoms with Crippen LogP contribution in [0.25, 0.3) is 0 Å². The number of ether oxygens (including phenoxy) is 1. The van der Waals surface area contributed by atoms with Crippen LogP contribution in [0.15, 0.2) is 24.3 Å². The largest absolute Gasteiger partial charge is 0.449 e. The second-order valence-electron chi connectivity index (χ2n) is 6.48. The van der Waals surface area contributed by atoms with Crippen LogP contribution in [0.5, 0.6) is 0 Å². The summed E-state index contributed by atoms with van der Waals surface area (Å²) in [6.07, 6.45) is -0.906. The molecule has 0 unspecified atom stereocenters. The molecule has 0 aliphatic heterocycles. The molecule has 0 spiro atoms. The monoisotopic (exact) mass is 343 g/mol. The number of rotatable bonds is 5. The van der Waals surface area contributed by atoms with Gasteiger partial charge in [0.25, 0.3) is 5.91 Å². The van der Waals surface area contributed by atoms with Gasteiger partial charge in [0, 0.05) is 7.05 Å². The number of hydrogen-bond acceptors (Lipinski definition) is 4. The van der Waals surface area contributed by atoms with E-state index < -0.39 is 12.1 Å². The topological polar surface area (TPSA) is 73.2 Å². The molecular weight excluding hydrogens is 318 g/mol. The summed E-state index contributed by atoms with van der Waals surface area (Å²) in [4.78, 5) is 24.5. The fourth-order valence-electron chi connectivity index (χ4n) is 2.47. The Morgan fingerprint density at radius 3 is 2.20 bits per heavy atom. The van der Waals surface area contributed by atoms with Crippen molar-refractivity contribution in [1.29, 1.82) is 0 Å². The van der Waals surface area contributed by atoms with Gasteiger partial charge in [0.2, 0.25) is 0 Å². The van der Waals surface area contributed by atoms with Crippen LogP contribution in [0.2, 0.25) is 0 Å².